The second-order valence-corrected chi connectivity index (χ2v) is 7.91. The molecular formula is C18H16N2O4S2. The number of ether oxygens (including phenoxy) is 1. The highest BCUT2D eigenvalue weighted by atomic mass is 32.2. The summed E-state index contributed by atoms with van der Waals surface area (Å²) in [5.74, 6) is 1.47. The van der Waals surface area contributed by atoms with E-state index < -0.39 is 9.84 Å². The molecule has 0 aliphatic heterocycles. The molecule has 0 saturated carbocycles. The molecule has 0 atom stereocenters. The van der Waals surface area contributed by atoms with Crippen LogP contribution in [0.2, 0.25) is 0 Å². The Kier molecular flexibility index (Phi) is 6.08. The van der Waals surface area contributed by atoms with E-state index in [1.165, 1.54) is 17.2 Å². The number of nitrogens with zero attached hydrogens (tertiary/aromatic N) is 2. The molecule has 1 heterocycles. The Bertz CT molecular complexity index is 955. The number of hydrogen-bond donors (Lipinski definition) is 0. The zero-order valence-corrected chi connectivity index (χ0v) is 15.3. The molecular weight excluding hydrogens is 372 g/mol. The maximum Gasteiger partial charge on any atom is 0.277 e. The topological polar surface area (TPSA) is 82.3 Å². The number of sulfone groups is 1. The average molecular weight is 388 g/mol. The van der Waals surface area contributed by atoms with Crippen LogP contribution in [0.4, 0.5) is 0 Å². The summed E-state index contributed by atoms with van der Waals surface area (Å²) < 4.78 is 35.2. The highest BCUT2D eigenvalue weighted by Gasteiger charge is 2.10. The highest BCUT2D eigenvalue weighted by molar-refractivity contribution is 7.99. The number of hydrogen-bond acceptors (Lipinski definition) is 7. The molecule has 0 fully saturated rings. The summed E-state index contributed by atoms with van der Waals surface area (Å²) in [5, 5.41) is 9.35. The lowest BCUT2D eigenvalue weighted by atomic mass is 10.3. The van der Waals surface area contributed by atoms with Crippen molar-refractivity contribution in [1.82, 2.24) is 10.2 Å². The van der Waals surface area contributed by atoms with Gasteiger partial charge in [0.2, 0.25) is 0 Å². The van der Waals surface area contributed by atoms with E-state index >= 15 is 0 Å². The lowest BCUT2D eigenvalue weighted by molar-refractivity contribution is 0.252. The lowest BCUT2D eigenvalue weighted by Gasteiger charge is -2.01. The van der Waals surface area contributed by atoms with Crippen molar-refractivity contribution in [2.24, 2.45) is 0 Å². The van der Waals surface area contributed by atoms with E-state index in [0.717, 1.165) is 0 Å². The average Bonchev–Trinajstić information content (AvgIpc) is 3.13. The number of para-hydroxylation sites is 1. The molecule has 0 radical (unpaired) electrons. The third kappa shape index (κ3) is 5.21. The summed E-state index contributed by atoms with van der Waals surface area (Å²) in [5.41, 5.74) is 0. The van der Waals surface area contributed by atoms with Crippen molar-refractivity contribution in [2.45, 2.75) is 16.7 Å². The summed E-state index contributed by atoms with van der Waals surface area (Å²) in [6.07, 6.45) is 1.55. The fourth-order valence-electron chi connectivity index (χ4n) is 1.99. The van der Waals surface area contributed by atoms with E-state index in [-0.39, 0.29) is 11.5 Å². The molecule has 0 aliphatic carbocycles. The van der Waals surface area contributed by atoms with Gasteiger partial charge >= 0.3 is 0 Å². The molecule has 0 amide bonds. The predicted octanol–water partition coefficient (Wildman–Crippen LogP) is 3.73. The predicted molar refractivity (Wildman–Crippen MR) is 98.6 cm³/mol. The van der Waals surface area contributed by atoms with Crippen LogP contribution in [0.15, 0.2) is 86.7 Å². The smallest absolute Gasteiger partial charge is 0.277 e. The zero-order chi connectivity index (χ0) is 18.2. The minimum absolute atomic E-state index is 0.176. The molecule has 3 rings (SSSR count). The zero-order valence-electron chi connectivity index (χ0n) is 13.7. The summed E-state index contributed by atoms with van der Waals surface area (Å²) >= 11 is 1.25. The molecule has 134 valence electrons. The van der Waals surface area contributed by atoms with Crippen LogP contribution in [0.1, 0.15) is 5.89 Å². The van der Waals surface area contributed by atoms with Crippen LogP contribution < -0.4 is 4.74 Å². The Labute approximate surface area is 155 Å². The molecule has 0 spiro atoms. The van der Waals surface area contributed by atoms with E-state index in [9.17, 15) is 8.42 Å². The van der Waals surface area contributed by atoms with Gasteiger partial charge in [0.05, 0.1) is 4.90 Å². The summed E-state index contributed by atoms with van der Waals surface area (Å²) in [6.45, 7) is 0.176. The van der Waals surface area contributed by atoms with Crippen molar-refractivity contribution in [1.29, 1.82) is 0 Å². The third-order valence-electron chi connectivity index (χ3n) is 3.20. The molecule has 0 aliphatic rings. The van der Waals surface area contributed by atoms with E-state index in [4.69, 9.17) is 9.15 Å². The van der Waals surface area contributed by atoms with Gasteiger partial charge in [0.1, 0.15) is 5.75 Å². The van der Waals surface area contributed by atoms with Crippen molar-refractivity contribution in [3.05, 3.63) is 78.0 Å². The lowest BCUT2D eigenvalue weighted by Crippen LogP contribution is -1.95. The van der Waals surface area contributed by atoms with Gasteiger partial charge in [-0.25, -0.2) is 8.42 Å². The van der Waals surface area contributed by atoms with Crippen LogP contribution in [-0.4, -0.2) is 24.4 Å². The Balaban J connectivity index is 1.49. The fourth-order valence-corrected chi connectivity index (χ4v) is 3.74. The molecule has 0 saturated heterocycles. The molecule has 26 heavy (non-hydrogen) atoms. The van der Waals surface area contributed by atoms with Gasteiger partial charge in [-0.05, 0) is 24.3 Å². The fraction of sp³-hybridized carbons (Fsp3) is 0.111. The number of aromatic nitrogens is 2. The van der Waals surface area contributed by atoms with Crippen LogP contribution in [-0.2, 0) is 16.4 Å². The number of thioether (sulfide) groups is 1. The Morgan fingerprint density at radius 1 is 1.00 bits per heavy atom. The number of rotatable bonds is 8. The molecule has 0 N–H and O–H groups in total. The third-order valence-corrected chi connectivity index (χ3v) is 5.46. The largest absolute Gasteiger partial charge is 0.484 e. The van der Waals surface area contributed by atoms with Crippen molar-refractivity contribution >= 4 is 21.6 Å². The molecule has 0 unspecified atom stereocenters. The maximum absolute atomic E-state index is 12.1. The first-order chi connectivity index (χ1) is 12.6. The standard InChI is InChI=1S/C18H16N2O4S2/c21-26(22,16-10-5-2-6-11-16)13-7-12-25-18-20-19-17(24-18)14-23-15-8-3-1-4-9-15/h1-11,13H,12,14H2/b13-7+. The minimum atomic E-state index is -3.43. The minimum Gasteiger partial charge on any atom is -0.484 e. The molecule has 3 aromatic rings. The van der Waals surface area contributed by atoms with Crippen LogP contribution >= 0.6 is 11.8 Å². The van der Waals surface area contributed by atoms with Crippen molar-refractivity contribution in [3.63, 3.8) is 0 Å². The van der Waals surface area contributed by atoms with Gasteiger partial charge in [-0.2, -0.15) is 0 Å². The number of benzene rings is 2. The van der Waals surface area contributed by atoms with Crippen molar-refractivity contribution in [3.8, 4) is 5.75 Å². The first kappa shape index (κ1) is 18.2. The summed E-state index contributed by atoms with van der Waals surface area (Å²) in [4.78, 5) is 0.263. The second-order valence-electron chi connectivity index (χ2n) is 5.10. The second kappa shape index (κ2) is 8.68. The quantitative estimate of drug-likeness (QED) is 0.544. The van der Waals surface area contributed by atoms with Crippen LogP contribution in [0.25, 0.3) is 0 Å². The van der Waals surface area contributed by atoms with Gasteiger partial charge < -0.3 is 9.15 Å². The monoisotopic (exact) mass is 388 g/mol. The Hall–Kier alpha value is -2.58. The molecule has 8 heteroatoms. The van der Waals surface area contributed by atoms with E-state index in [0.29, 0.717) is 22.6 Å². The Morgan fingerprint density at radius 3 is 2.42 bits per heavy atom. The van der Waals surface area contributed by atoms with E-state index in [1.54, 1.807) is 36.4 Å². The van der Waals surface area contributed by atoms with Crippen LogP contribution in [0.5, 0.6) is 5.75 Å². The maximum atomic E-state index is 12.1. The van der Waals surface area contributed by atoms with E-state index in [2.05, 4.69) is 10.2 Å². The molecule has 1 aromatic heterocycles. The molecule has 0 bridgehead atoms. The molecule has 6 nitrogen and oxygen atoms in total. The van der Waals surface area contributed by atoms with Gasteiger partial charge in [-0.1, -0.05) is 54.2 Å². The normalized spacial score (nSPS) is 11.7. The van der Waals surface area contributed by atoms with Gasteiger partial charge in [-0.15, -0.1) is 10.2 Å². The summed E-state index contributed by atoms with van der Waals surface area (Å²) in [6, 6.07) is 17.6. The highest BCUT2D eigenvalue weighted by Crippen LogP contribution is 2.18. The first-order valence-corrected chi connectivity index (χ1v) is 10.3. The van der Waals surface area contributed by atoms with Crippen molar-refractivity contribution < 1.29 is 17.6 Å². The summed E-state index contributed by atoms with van der Waals surface area (Å²) in [7, 11) is -3.43. The van der Waals surface area contributed by atoms with Crippen LogP contribution in [0, 0.1) is 0 Å². The van der Waals surface area contributed by atoms with Gasteiger partial charge in [0.25, 0.3) is 11.1 Å². The first-order valence-electron chi connectivity index (χ1n) is 7.73. The van der Waals surface area contributed by atoms with Gasteiger partial charge in [-0.3, -0.25) is 0 Å². The van der Waals surface area contributed by atoms with Crippen LogP contribution in [0.3, 0.4) is 0 Å². The molecule has 2 aromatic carbocycles. The Morgan fingerprint density at radius 2 is 1.69 bits per heavy atom. The van der Waals surface area contributed by atoms with Gasteiger partial charge in [0.15, 0.2) is 16.4 Å². The van der Waals surface area contributed by atoms with E-state index in [1.807, 2.05) is 30.3 Å². The van der Waals surface area contributed by atoms with Crippen molar-refractivity contribution in [2.75, 3.05) is 5.75 Å². The SMILES string of the molecule is O=S(=O)(/C=C/CSc1nnc(COc2ccccc2)o1)c1ccccc1. The van der Waals surface area contributed by atoms with Gasteiger partial charge in [0, 0.05) is 11.2 Å².